The van der Waals surface area contributed by atoms with E-state index in [0.29, 0.717) is 10.6 Å². The van der Waals surface area contributed by atoms with Gasteiger partial charge in [-0.15, -0.1) is 11.3 Å². The molecule has 0 N–H and O–H groups in total. The number of nitrogens with zero attached hydrogens (tertiary/aromatic N) is 1. The summed E-state index contributed by atoms with van der Waals surface area (Å²) in [6.07, 6.45) is 1.31. The van der Waals surface area contributed by atoms with Gasteiger partial charge in [0.25, 0.3) is 10.0 Å². The van der Waals surface area contributed by atoms with Crippen LogP contribution >= 0.6 is 22.9 Å². The van der Waals surface area contributed by atoms with Gasteiger partial charge in [-0.2, -0.15) is 12.8 Å². The molecule has 6 heteroatoms. The Morgan fingerprint density at radius 1 is 1.18 bits per heavy atom. The van der Waals surface area contributed by atoms with Crippen molar-refractivity contribution in [1.82, 2.24) is 0 Å². The number of benzene rings is 1. The van der Waals surface area contributed by atoms with E-state index in [-0.39, 0.29) is 4.21 Å². The Morgan fingerprint density at radius 3 is 2.47 bits per heavy atom. The summed E-state index contributed by atoms with van der Waals surface area (Å²) in [7, 11) is -3.57. The Hall–Kier alpha value is -1.17. The first-order chi connectivity index (χ1) is 8.08. The lowest BCUT2D eigenvalue weighted by Crippen LogP contribution is -1.94. The van der Waals surface area contributed by atoms with Crippen molar-refractivity contribution in [3.05, 3.63) is 52.4 Å². The van der Waals surface area contributed by atoms with Gasteiger partial charge < -0.3 is 0 Å². The van der Waals surface area contributed by atoms with Gasteiger partial charge in [-0.1, -0.05) is 29.8 Å². The first-order valence-electron chi connectivity index (χ1n) is 4.67. The van der Waals surface area contributed by atoms with Crippen LogP contribution in [-0.2, 0) is 10.0 Å². The number of rotatable bonds is 3. The number of thiophene rings is 1. The number of sulfonamides is 1. The van der Waals surface area contributed by atoms with Gasteiger partial charge in [-0.05, 0) is 29.1 Å². The molecule has 0 aliphatic rings. The fraction of sp³-hybridized carbons (Fsp3) is 0. The first kappa shape index (κ1) is 12.3. The maximum atomic E-state index is 11.7. The van der Waals surface area contributed by atoms with Gasteiger partial charge in [0, 0.05) is 11.2 Å². The summed E-state index contributed by atoms with van der Waals surface area (Å²) in [4.78, 5) is 0. The lowest BCUT2D eigenvalue weighted by Gasteiger charge is -1.94. The Bertz CT molecular complexity index is 616. The molecule has 0 atom stereocenters. The average Bonchev–Trinajstić information content (AvgIpc) is 2.82. The molecular weight excluding hydrogens is 278 g/mol. The predicted molar refractivity (Wildman–Crippen MR) is 70.6 cm³/mol. The van der Waals surface area contributed by atoms with Crippen molar-refractivity contribution in [2.45, 2.75) is 4.21 Å². The molecule has 0 radical (unpaired) electrons. The highest BCUT2D eigenvalue weighted by Gasteiger charge is 2.11. The zero-order chi connectivity index (χ0) is 12.3. The quantitative estimate of drug-likeness (QED) is 0.813. The topological polar surface area (TPSA) is 46.5 Å². The lowest BCUT2D eigenvalue weighted by atomic mass is 10.2. The summed E-state index contributed by atoms with van der Waals surface area (Å²) < 4.78 is 27.3. The third kappa shape index (κ3) is 3.15. The van der Waals surface area contributed by atoms with Crippen LogP contribution in [0.15, 0.2) is 50.4 Å². The molecule has 3 nitrogen and oxygen atoms in total. The summed E-state index contributed by atoms with van der Waals surface area (Å²) in [5.74, 6) is 0. The molecule has 1 heterocycles. The SMILES string of the molecule is O=S(=O)(/N=C/c1ccc(Cl)cc1)c1cccs1. The van der Waals surface area contributed by atoms with E-state index in [1.165, 1.54) is 12.3 Å². The molecule has 17 heavy (non-hydrogen) atoms. The van der Waals surface area contributed by atoms with Crippen molar-refractivity contribution >= 4 is 39.2 Å². The van der Waals surface area contributed by atoms with E-state index in [4.69, 9.17) is 11.6 Å². The van der Waals surface area contributed by atoms with Crippen LogP contribution in [0, 0.1) is 0 Å². The van der Waals surface area contributed by atoms with Crippen LogP contribution in [-0.4, -0.2) is 14.6 Å². The maximum absolute atomic E-state index is 11.7. The maximum Gasteiger partial charge on any atom is 0.291 e. The fourth-order valence-corrected chi connectivity index (χ4v) is 3.11. The third-order valence-electron chi connectivity index (χ3n) is 1.96. The van der Waals surface area contributed by atoms with Gasteiger partial charge in [0.1, 0.15) is 4.21 Å². The minimum atomic E-state index is -3.57. The molecule has 0 bridgehead atoms. The summed E-state index contributed by atoms with van der Waals surface area (Å²) in [6.45, 7) is 0. The number of halogens is 1. The molecule has 0 unspecified atom stereocenters. The number of hydrogen-bond acceptors (Lipinski definition) is 3. The second-order valence-electron chi connectivity index (χ2n) is 3.19. The molecule has 88 valence electrons. The van der Waals surface area contributed by atoms with Crippen molar-refractivity contribution < 1.29 is 8.42 Å². The smallest absolute Gasteiger partial charge is 0.198 e. The van der Waals surface area contributed by atoms with Gasteiger partial charge in [0.05, 0.1) is 0 Å². The largest absolute Gasteiger partial charge is 0.291 e. The van der Waals surface area contributed by atoms with E-state index in [2.05, 4.69) is 4.40 Å². The summed E-state index contributed by atoms with van der Waals surface area (Å²) in [6, 6.07) is 9.97. The molecule has 0 saturated heterocycles. The minimum Gasteiger partial charge on any atom is -0.198 e. The molecule has 1 aromatic carbocycles. The molecule has 0 spiro atoms. The molecule has 1 aromatic heterocycles. The van der Waals surface area contributed by atoms with Gasteiger partial charge >= 0.3 is 0 Å². The normalized spacial score (nSPS) is 12.1. The Balaban J connectivity index is 2.24. The number of hydrogen-bond donors (Lipinski definition) is 0. The Morgan fingerprint density at radius 2 is 1.88 bits per heavy atom. The molecule has 2 aromatic rings. The van der Waals surface area contributed by atoms with Crippen LogP contribution in [0.5, 0.6) is 0 Å². The third-order valence-corrected chi connectivity index (χ3v) is 4.82. The van der Waals surface area contributed by atoms with E-state index >= 15 is 0 Å². The van der Waals surface area contributed by atoms with Crippen LogP contribution in [0.1, 0.15) is 5.56 Å². The van der Waals surface area contributed by atoms with Crippen LogP contribution in [0.4, 0.5) is 0 Å². The first-order valence-corrected chi connectivity index (χ1v) is 7.37. The molecule has 0 fully saturated rings. The molecule has 2 rings (SSSR count). The predicted octanol–water partition coefficient (Wildman–Crippen LogP) is 3.21. The highest BCUT2D eigenvalue weighted by Crippen LogP contribution is 2.18. The Labute approximate surface area is 108 Å². The van der Waals surface area contributed by atoms with Crippen molar-refractivity contribution in [3.8, 4) is 0 Å². The molecule has 0 aliphatic carbocycles. The monoisotopic (exact) mass is 285 g/mol. The summed E-state index contributed by atoms with van der Waals surface area (Å²) >= 11 is 6.87. The molecular formula is C11H8ClNO2S2. The van der Waals surface area contributed by atoms with Gasteiger partial charge in [0.2, 0.25) is 0 Å². The van der Waals surface area contributed by atoms with E-state index in [1.54, 1.807) is 35.7 Å². The zero-order valence-corrected chi connectivity index (χ0v) is 11.0. The molecule has 0 aliphatic heterocycles. The van der Waals surface area contributed by atoms with E-state index in [1.807, 2.05) is 0 Å². The highest BCUT2D eigenvalue weighted by molar-refractivity contribution is 7.92. The highest BCUT2D eigenvalue weighted by atomic mass is 35.5. The van der Waals surface area contributed by atoms with Crippen molar-refractivity contribution in [2.75, 3.05) is 0 Å². The van der Waals surface area contributed by atoms with Crippen LogP contribution in [0.2, 0.25) is 5.02 Å². The molecule has 0 saturated carbocycles. The summed E-state index contributed by atoms with van der Waals surface area (Å²) in [5, 5.41) is 2.30. The van der Waals surface area contributed by atoms with Crippen LogP contribution in [0.3, 0.4) is 0 Å². The Kier molecular flexibility index (Phi) is 3.61. The zero-order valence-electron chi connectivity index (χ0n) is 8.58. The van der Waals surface area contributed by atoms with E-state index in [0.717, 1.165) is 11.3 Å². The van der Waals surface area contributed by atoms with Crippen molar-refractivity contribution in [3.63, 3.8) is 0 Å². The van der Waals surface area contributed by atoms with Gasteiger partial charge in [-0.25, -0.2) is 0 Å². The van der Waals surface area contributed by atoms with Crippen LogP contribution < -0.4 is 0 Å². The van der Waals surface area contributed by atoms with Crippen LogP contribution in [0.25, 0.3) is 0 Å². The average molecular weight is 286 g/mol. The second-order valence-corrected chi connectivity index (χ2v) is 6.44. The fourth-order valence-electron chi connectivity index (χ4n) is 1.14. The van der Waals surface area contributed by atoms with E-state index < -0.39 is 10.0 Å². The van der Waals surface area contributed by atoms with Crippen molar-refractivity contribution in [2.24, 2.45) is 4.40 Å². The van der Waals surface area contributed by atoms with Gasteiger partial charge in [-0.3, -0.25) is 0 Å². The minimum absolute atomic E-state index is 0.239. The lowest BCUT2D eigenvalue weighted by molar-refractivity contribution is 0.600. The second kappa shape index (κ2) is 5.00. The molecule has 0 amide bonds. The standard InChI is InChI=1S/C11H8ClNO2S2/c12-10-5-3-9(4-6-10)8-13-17(14,15)11-2-1-7-16-11/h1-8H/b13-8+. The van der Waals surface area contributed by atoms with Gasteiger partial charge in [0.15, 0.2) is 0 Å². The van der Waals surface area contributed by atoms with Crippen molar-refractivity contribution in [1.29, 1.82) is 0 Å². The van der Waals surface area contributed by atoms with E-state index in [9.17, 15) is 8.42 Å². The summed E-state index contributed by atoms with van der Waals surface area (Å²) in [5.41, 5.74) is 0.689.